The summed E-state index contributed by atoms with van der Waals surface area (Å²) in [6.07, 6.45) is 0. The summed E-state index contributed by atoms with van der Waals surface area (Å²) < 4.78 is 27.4. The normalized spacial score (nSPS) is 11.0. The van der Waals surface area contributed by atoms with Crippen molar-refractivity contribution in [3.8, 4) is 5.75 Å². The lowest BCUT2D eigenvalue weighted by Gasteiger charge is -2.08. The van der Waals surface area contributed by atoms with Crippen molar-refractivity contribution in [1.82, 2.24) is 4.98 Å². The highest BCUT2D eigenvalue weighted by atomic mass is 32.2. The molecule has 1 aromatic carbocycles. The van der Waals surface area contributed by atoms with E-state index in [9.17, 15) is 23.3 Å². The minimum absolute atomic E-state index is 0.0943. The number of hydrogen-bond donors (Lipinski definition) is 2. The Hall–Kier alpha value is -3.05. The fourth-order valence-electron chi connectivity index (χ4n) is 1.84. The molecule has 0 saturated carbocycles. The first-order valence-corrected chi connectivity index (χ1v) is 8.39. The van der Waals surface area contributed by atoms with Gasteiger partial charge in [-0.3, -0.25) is 4.79 Å². The Morgan fingerprint density at radius 2 is 1.92 bits per heavy atom. The molecule has 132 valence electrons. The number of aromatic nitrogens is 1. The van der Waals surface area contributed by atoms with E-state index in [1.54, 1.807) is 6.92 Å². The highest BCUT2D eigenvalue weighted by Gasteiger charge is 2.18. The van der Waals surface area contributed by atoms with E-state index in [1.165, 1.54) is 36.4 Å². The van der Waals surface area contributed by atoms with Crippen molar-refractivity contribution >= 4 is 27.4 Å². The molecule has 0 aliphatic heterocycles. The number of carbonyl (C=O) groups excluding carboxylic acids is 1. The van der Waals surface area contributed by atoms with Crippen LogP contribution in [-0.2, 0) is 14.8 Å². The monoisotopic (exact) mass is 366 g/mol. The van der Waals surface area contributed by atoms with Gasteiger partial charge in [-0.05, 0) is 46.3 Å². The largest absolute Gasteiger partial charge is 0.476 e. The van der Waals surface area contributed by atoms with Crippen LogP contribution in [0.2, 0.25) is 0 Å². The van der Waals surface area contributed by atoms with Crippen LogP contribution in [0.5, 0.6) is 5.75 Å². The van der Waals surface area contributed by atoms with Gasteiger partial charge < -0.3 is 20.2 Å². The first kappa shape index (κ1) is 18.3. The molecule has 0 atom stereocenters. The molecule has 0 bridgehead atoms. The van der Waals surface area contributed by atoms with Crippen LogP contribution < -0.4 is 15.2 Å². The lowest BCUT2D eigenvalue weighted by molar-refractivity contribution is -0.390. The zero-order valence-corrected chi connectivity index (χ0v) is 13.8. The molecule has 0 spiro atoms. The second kappa shape index (κ2) is 7.23. The molecule has 0 saturated heterocycles. The number of nitrogens with one attached hydrogen (secondary N) is 1. The highest BCUT2D eigenvalue weighted by molar-refractivity contribution is 7.89. The van der Waals surface area contributed by atoms with Crippen LogP contribution in [0.1, 0.15) is 5.69 Å². The third kappa shape index (κ3) is 4.96. The number of pyridine rings is 1. The van der Waals surface area contributed by atoms with Gasteiger partial charge in [0, 0.05) is 12.6 Å². The van der Waals surface area contributed by atoms with Gasteiger partial charge in [0.2, 0.25) is 15.8 Å². The molecule has 25 heavy (non-hydrogen) atoms. The van der Waals surface area contributed by atoms with Crippen LogP contribution in [0.15, 0.2) is 41.3 Å². The van der Waals surface area contributed by atoms with Gasteiger partial charge in [0.05, 0.1) is 4.90 Å². The maximum Gasteiger partial charge on any atom is 0.406 e. The molecule has 0 aliphatic rings. The zero-order valence-electron chi connectivity index (χ0n) is 13.0. The van der Waals surface area contributed by atoms with Crippen molar-refractivity contribution in [2.24, 2.45) is 5.14 Å². The standard InChI is InChI=1S/C14H14N4O6S/c1-9-2-7-12(14(16-9)18(20)21)24-8-13(19)17-10-3-5-11(6-4-10)25(15,22)23/h2-7H,8H2,1H3,(H,17,19)(H2,15,22,23). The van der Waals surface area contributed by atoms with Crippen LogP contribution in [0.25, 0.3) is 0 Å². The van der Waals surface area contributed by atoms with Crippen molar-refractivity contribution < 1.29 is 22.9 Å². The number of anilines is 1. The Morgan fingerprint density at radius 3 is 2.48 bits per heavy atom. The minimum atomic E-state index is -3.82. The number of ether oxygens (including phenoxy) is 1. The topological polar surface area (TPSA) is 155 Å². The number of primary sulfonamides is 1. The summed E-state index contributed by atoms with van der Waals surface area (Å²) in [6.45, 7) is 1.11. The van der Waals surface area contributed by atoms with Gasteiger partial charge in [-0.1, -0.05) is 0 Å². The number of nitro groups is 1. The molecule has 0 aliphatic carbocycles. The lowest BCUT2D eigenvalue weighted by atomic mass is 10.3. The summed E-state index contributed by atoms with van der Waals surface area (Å²) in [5, 5.41) is 18.4. The van der Waals surface area contributed by atoms with E-state index in [2.05, 4.69) is 10.3 Å². The second-order valence-corrected chi connectivity index (χ2v) is 6.50. The Labute approximate surface area is 142 Å². The quantitative estimate of drug-likeness (QED) is 0.570. The van der Waals surface area contributed by atoms with Crippen molar-refractivity contribution in [3.63, 3.8) is 0 Å². The minimum Gasteiger partial charge on any atom is -0.476 e. The van der Waals surface area contributed by atoms with Crippen LogP contribution in [0.4, 0.5) is 11.5 Å². The fraction of sp³-hybridized carbons (Fsp3) is 0.143. The fourth-order valence-corrected chi connectivity index (χ4v) is 2.36. The maximum absolute atomic E-state index is 11.8. The number of hydrogen-bond acceptors (Lipinski definition) is 7. The van der Waals surface area contributed by atoms with Crippen LogP contribution in [0, 0.1) is 17.0 Å². The number of amides is 1. The van der Waals surface area contributed by atoms with Crippen LogP contribution in [-0.4, -0.2) is 30.8 Å². The smallest absolute Gasteiger partial charge is 0.406 e. The lowest BCUT2D eigenvalue weighted by Crippen LogP contribution is -2.20. The Balaban J connectivity index is 2.01. The Morgan fingerprint density at radius 1 is 1.28 bits per heavy atom. The second-order valence-electron chi connectivity index (χ2n) is 4.94. The molecular formula is C14H14N4O6S. The first-order chi connectivity index (χ1) is 11.7. The average molecular weight is 366 g/mol. The molecule has 0 radical (unpaired) electrons. The van der Waals surface area contributed by atoms with Gasteiger partial charge in [-0.25, -0.2) is 13.6 Å². The molecule has 3 N–H and O–H groups in total. The van der Waals surface area contributed by atoms with Crippen molar-refractivity contribution in [2.45, 2.75) is 11.8 Å². The van der Waals surface area contributed by atoms with Gasteiger partial charge in [0.25, 0.3) is 5.91 Å². The van der Waals surface area contributed by atoms with Crippen molar-refractivity contribution in [2.75, 3.05) is 11.9 Å². The average Bonchev–Trinajstić information content (AvgIpc) is 2.53. The van der Waals surface area contributed by atoms with Crippen molar-refractivity contribution in [1.29, 1.82) is 0 Å². The first-order valence-electron chi connectivity index (χ1n) is 6.84. The van der Waals surface area contributed by atoms with E-state index in [-0.39, 0.29) is 10.6 Å². The molecule has 0 fully saturated rings. The highest BCUT2D eigenvalue weighted by Crippen LogP contribution is 2.24. The molecule has 2 aromatic rings. The third-order valence-corrected chi connectivity index (χ3v) is 3.91. The number of nitrogens with zero attached hydrogens (tertiary/aromatic N) is 2. The predicted molar refractivity (Wildman–Crippen MR) is 87.6 cm³/mol. The predicted octanol–water partition coefficient (Wildman–Crippen LogP) is 0.963. The summed E-state index contributed by atoms with van der Waals surface area (Å²) in [6, 6.07) is 8.06. The number of nitrogens with two attached hydrogens (primary N) is 1. The van der Waals surface area contributed by atoms with Gasteiger partial charge >= 0.3 is 5.82 Å². The van der Waals surface area contributed by atoms with Crippen molar-refractivity contribution in [3.05, 3.63) is 52.2 Å². The van der Waals surface area contributed by atoms with E-state index >= 15 is 0 Å². The number of rotatable bonds is 6. The number of aryl methyl sites for hydroxylation is 1. The van der Waals surface area contributed by atoms with E-state index in [0.29, 0.717) is 11.4 Å². The number of sulfonamides is 1. The molecule has 1 amide bonds. The molecule has 1 aromatic heterocycles. The van der Waals surface area contributed by atoms with E-state index in [0.717, 1.165) is 0 Å². The summed E-state index contributed by atoms with van der Waals surface area (Å²) in [7, 11) is -3.82. The van der Waals surface area contributed by atoms with E-state index in [1.807, 2.05) is 0 Å². The van der Waals surface area contributed by atoms with E-state index in [4.69, 9.17) is 9.88 Å². The summed E-state index contributed by atoms with van der Waals surface area (Å²) in [4.78, 5) is 25.7. The number of benzene rings is 1. The summed E-state index contributed by atoms with van der Waals surface area (Å²) in [5.74, 6) is -1.20. The van der Waals surface area contributed by atoms with Gasteiger partial charge in [-0.2, -0.15) is 0 Å². The SMILES string of the molecule is Cc1ccc(OCC(=O)Nc2ccc(S(N)(=O)=O)cc2)c([N+](=O)[O-])n1. The molecule has 11 heteroatoms. The summed E-state index contributed by atoms with van der Waals surface area (Å²) in [5.41, 5.74) is 0.760. The molecular weight excluding hydrogens is 352 g/mol. The number of carbonyl (C=O) groups is 1. The third-order valence-electron chi connectivity index (χ3n) is 2.98. The van der Waals surface area contributed by atoms with Gasteiger partial charge in [0.1, 0.15) is 5.69 Å². The van der Waals surface area contributed by atoms with Gasteiger partial charge in [-0.15, -0.1) is 0 Å². The molecule has 10 nitrogen and oxygen atoms in total. The maximum atomic E-state index is 11.8. The van der Waals surface area contributed by atoms with E-state index < -0.39 is 33.3 Å². The Kier molecular flexibility index (Phi) is 5.29. The Bertz CT molecular complexity index is 911. The molecule has 2 rings (SSSR count). The van der Waals surface area contributed by atoms with Crippen LogP contribution >= 0.6 is 0 Å². The summed E-state index contributed by atoms with van der Waals surface area (Å²) >= 11 is 0. The van der Waals surface area contributed by atoms with Crippen LogP contribution in [0.3, 0.4) is 0 Å². The molecule has 1 heterocycles. The van der Waals surface area contributed by atoms with Gasteiger partial charge in [0.15, 0.2) is 6.61 Å². The molecule has 0 unspecified atom stereocenters. The zero-order chi connectivity index (χ0) is 18.6.